The number of nitrogens with one attached hydrogen (secondary N) is 1. The molecular formula is C14H24N2O2. The van der Waals surface area contributed by atoms with Crippen molar-refractivity contribution >= 4 is 11.8 Å². The van der Waals surface area contributed by atoms with Crippen LogP contribution in [-0.2, 0) is 9.59 Å². The zero-order chi connectivity index (χ0) is 13.1. The maximum atomic E-state index is 12.2. The minimum Gasteiger partial charge on any atom is -0.345 e. The lowest BCUT2D eigenvalue weighted by Crippen LogP contribution is -2.45. The Morgan fingerprint density at radius 1 is 1.22 bits per heavy atom. The normalized spacial score (nSPS) is 30.4. The highest BCUT2D eigenvalue weighted by molar-refractivity contribution is 5.90. The highest BCUT2D eigenvalue weighted by Gasteiger charge is 2.31. The van der Waals surface area contributed by atoms with Crippen molar-refractivity contribution in [1.29, 1.82) is 0 Å². The van der Waals surface area contributed by atoms with Crippen LogP contribution in [0.2, 0.25) is 0 Å². The molecule has 1 aliphatic heterocycles. The Balaban J connectivity index is 1.94. The summed E-state index contributed by atoms with van der Waals surface area (Å²) in [6.45, 7) is 4.56. The van der Waals surface area contributed by atoms with E-state index in [0.29, 0.717) is 6.42 Å². The second kappa shape index (κ2) is 5.72. The number of carbonyl (C=O) groups excluding carboxylic acids is 2. The van der Waals surface area contributed by atoms with Crippen LogP contribution in [0.5, 0.6) is 0 Å². The van der Waals surface area contributed by atoms with Gasteiger partial charge in [-0.05, 0) is 26.2 Å². The average Bonchev–Trinajstić information content (AvgIpc) is 2.78. The molecule has 18 heavy (non-hydrogen) atoms. The van der Waals surface area contributed by atoms with E-state index >= 15 is 0 Å². The monoisotopic (exact) mass is 252 g/mol. The third-order valence-corrected chi connectivity index (χ3v) is 4.30. The molecule has 4 nitrogen and oxygen atoms in total. The summed E-state index contributed by atoms with van der Waals surface area (Å²) in [6.07, 6.45) is 6.82. The summed E-state index contributed by atoms with van der Waals surface area (Å²) in [4.78, 5) is 25.7. The second-order valence-electron chi connectivity index (χ2n) is 5.81. The fourth-order valence-electron chi connectivity index (χ4n) is 3.16. The van der Waals surface area contributed by atoms with Crippen LogP contribution >= 0.6 is 0 Å². The molecule has 1 saturated heterocycles. The minimum absolute atomic E-state index is 0.00767. The fraction of sp³-hybridized carbons (Fsp3) is 0.857. The van der Waals surface area contributed by atoms with E-state index in [0.717, 1.165) is 18.9 Å². The van der Waals surface area contributed by atoms with E-state index in [-0.39, 0.29) is 23.9 Å². The SMILES string of the molecule is CC1NC(=O)CC(C)N(CCC2CCCC2)C1=O. The molecule has 0 aromatic rings. The Morgan fingerprint density at radius 2 is 1.89 bits per heavy atom. The van der Waals surface area contributed by atoms with Gasteiger partial charge >= 0.3 is 0 Å². The number of nitrogens with zero attached hydrogens (tertiary/aromatic N) is 1. The van der Waals surface area contributed by atoms with Crippen LogP contribution in [-0.4, -0.2) is 35.3 Å². The number of amides is 2. The van der Waals surface area contributed by atoms with Gasteiger partial charge < -0.3 is 10.2 Å². The van der Waals surface area contributed by atoms with E-state index in [1.165, 1.54) is 25.7 Å². The molecule has 4 heteroatoms. The summed E-state index contributed by atoms with van der Waals surface area (Å²) in [5.74, 6) is 0.852. The largest absolute Gasteiger partial charge is 0.345 e. The molecule has 0 aromatic carbocycles. The van der Waals surface area contributed by atoms with Crippen LogP contribution in [0.3, 0.4) is 0 Å². The van der Waals surface area contributed by atoms with Gasteiger partial charge in [0.25, 0.3) is 0 Å². The zero-order valence-electron chi connectivity index (χ0n) is 11.4. The van der Waals surface area contributed by atoms with Gasteiger partial charge in [0.15, 0.2) is 0 Å². The van der Waals surface area contributed by atoms with Crippen LogP contribution in [0, 0.1) is 5.92 Å². The van der Waals surface area contributed by atoms with Crippen molar-refractivity contribution in [2.75, 3.05) is 6.54 Å². The fourth-order valence-corrected chi connectivity index (χ4v) is 3.16. The Bertz CT molecular complexity index is 324. The maximum absolute atomic E-state index is 12.2. The quantitative estimate of drug-likeness (QED) is 0.831. The molecule has 2 aliphatic rings. The summed E-state index contributed by atoms with van der Waals surface area (Å²) >= 11 is 0. The predicted molar refractivity (Wildman–Crippen MR) is 70.0 cm³/mol. The van der Waals surface area contributed by atoms with Crippen LogP contribution in [0.25, 0.3) is 0 Å². The summed E-state index contributed by atoms with van der Waals surface area (Å²) in [5, 5.41) is 2.75. The molecule has 2 atom stereocenters. The van der Waals surface area contributed by atoms with Crippen molar-refractivity contribution in [3.63, 3.8) is 0 Å². The Morgan fingerprint density at radius 3 is 2.56 bits per heavy atom. The third-order valence-electron chi connectivity index (χ3n) is 4.30. The van der Waals surface area contributed by atoms with Crippen LogP contribution in [0.15, 0.2) is 0 Å². The van der Waals surface area contributed by atoms with Crippen LogP contribution in [0.1, 0.15) is 52.4 Å². The minimum atomic E-state index is -0.369. The van der Waals surface area contributed by atoms with Gasteiger partial charge in [0.2, 0.25) is 11.8 Å². The number of rotatable bonds is 3. The molecule has 102 valence electrons. The van der Waals surface area contributed by atoms with Crippen LogP contribution in [0.4, 0.5) is 0 Å². The first-order valence-electron chi connectivity index (χ1n) is 7.17. The van der Waals surface area contributed by atoms with Crippen molar-refractivity contribution < 1.29 is 9.59 Å². The standard InChI is InChI=1S/C14H24N2O2/c1-10-9-13(17)15-11(2)14(18)16(10)8-7-12-5-3-4-6-12/h10-12H,3-9H2,1-2H3,(H,15,17). The van der Waals surface area contributed by atoms with E-state index in [4.69, 9.17) is 0 Å². The van der Waals surface area contributed by atoms with Crippen molar-refractivity contribution in [3.8, 4) is 0 Å². The number of hydrogen-bond donors (Lipinski definition) is 1. The smallest absolute Gasteiger partial charge is 0.245 e. The highest BCUT2D eigenvalue weighted by atomic mass is 16.2. The molecule has 2 amide bonds. The lowest BCUT2D eigenvalue weighted by molar-refractivity contribution is -0.134. The molecule has 1 heterocycles. The molecule has 1 saturated carbocycles. The Kier molecular flexibility index (Phi) is 4.25. The Labute approximate surface area is 109 Å². The van der Waals surface area contributed by atoms with E-state index in [1.807, 2.05) is 11.8 Å². The molecule has 0 aromatic heterocycles. The molecule has 0 bridgehead atoms. The molecule has 1 aliphatic carbocycles. The number of hydrogen-bond acceptors (Lipinski definition) is 2. The summed E-state index contributed by atoms with van der Waals surface area (Å²) in [6, 6.07) is -0.338. The van der Waals surface area contributed by atoms with Gasteiger partial charge in [-0.2, -0.15) is 0 Å². The average molecular weight is 252 g/mol. The molecule has 2 fully saturated rings. The van der Waals surface area contributed by atoms with Crippen LogP contribution < -0.4 is 5.32 Å². The Hall–Kier alpha value is -1.06. The van der Waals surface area contributed by atoms with E-state index in [9.17, 15) is 9.59 Å². The molecule has 1 N–H and O–H groups in total. The summed E-state index contributed by atoms with van der Waals surface area (Å²) < 4.78 is 0. The predicted octanol–water partition coefficient (Wildman–Crippen LogP) is 1.69. The van der Waals surface area contributed by atoms with Gasteiger partial charge in [0.1, 0.15) is 6.04 Å². The van der Waals surface area contributed by atoms with E-state index < -0.39 is 0 Å². The summed E-state index contributed by atoms with van der Waals surface area (Å²) in [5.41, 5.74) is 0. The number of carbonyl (C=O) groups is 2. The first-order chi connectivity index (χ1) is 8.58. The van der Waals surface area contributed by atoms with Crippen molar-refractivity contribution in [2.45, 2.75) is 64.5 Å². The molecule has 2 rings (SSSR count). The van der Waals surface area contributed by atoms with Gasteiger partial charge in [-0.25, -0.2) is 0 Å². The maximum Gasteiger partial charge on any atom is 0.245 e. The summed E-state index contributed by atoms with van der Waals surface area (Å²) in [7, 11) is 0. The van der Waals surface area contributed by atoms with Gasteiger partial charge in [0, 0.05) is 19.0 Å². The molecule has 2 unspecified atom stereocenters. The van der Waals surface area contributed by atoms with E-state index in [2.05, 4.69) is 5.32 Å². The lowest BCUT2D eigenvalue weighted by atomic mass is 10.0. The van der Waals surface area contributed by atoms with Crippen molar-refractivity contribution in [1.82, 2.24) is 10.2 Å². The van der Waals surface area contributed by atoms with Crippen molar-refractivity contribution in [3.05, 3.63) is 0 Å². The lowest BCUT2D eigenvalue weighted by Gasteiger charge is -2.29. The first-order valence-corrected chi connectivity index (χ1v) is 7.17. The van der Waals surface area contributed by atoms with Gasteiger partial charge in [-0.3, -0.25) is 9.59 Å². The third kappa shape index (κ3) is 3.03. The topological polar surface area (TPSA) is 49.4 Å². The highest BCUT2D eigenvalue weighted by Crippen LogP contribution is 2.28. The van der Waals surface area contributed by atoms with Gasteiger partial charge in [-0.15, -0.1) is 0 Å². The molecule has 0 radical (unpaired) electrons. The zero-order valence-corrected chi connectivity index (χ0v) is 11.4. The molecule has 0 spiro atoms. The molecular weight excluding hydrogens is 228 g/mol. The van der Waals surface area contributed by atoms with E-state index in [1.54, 1.807) is 6.92 Å². The van der Waals surface area contributed by atoms with Gasteiger partial charge in [0.05, 0.1) is 0 Å². The second-order valence-corrected chi connectivity index (χ2v) is 5.81. The first kappa shape index (κ1) is 13.4. The van der Waals surface area contributed by atoms with Crippen molar-refractivity contribution in [2.24, 2.45) is 5.92 Å². The van der Waals surface area contributed by atoms with Gasteiger partial charge in [-0.1, -0.05) is 25.7 Å².